The summed E-state index contributed by atoms with van der Waals surface area (Å²) in [6.45, 7) is 2.02. The van der Waals surface area contributed by atoms with E-state index in [1.807, 2.05) is 31.2 Å². The number of rotatable bonds is 2. The Bertz CT molecular complexity index is 791. The number of hydrogen-bond acceptors (Lipinski definition) is 3. The number of nitrogens with zero attached hydrogens (tertiary/aromatic N) is 3. The Morgan fingerprint density at radius 2 is 1.90 bits per heavy atom. The summed E-state index contributed by atoms with van der Waals surface area (Å²) in [5.74, 6) is 0.186. The fraction of sp³-hybridized carbons (Fsp3) is 0.125. The number of aromatic nitrogens is 3. The summed E-state index contributed by atoms with van der Waals surface area (Å²) >= 11 is 0. The summed E-state index contributed by atoms with van der Waals surface area (Å²) < 4.78 is 14.7. The molecule has 2 heterocycles. The zero-order valence-electron chi connectivity index (χ0n) is 11.8. The van der Waals surface area contributed by atoms with Crippen molar-refractivity contribution in [1.29, 1.82) is 0 Å². The minimum absolute atomic E-state index is 0.375. The number of pyridine rings is 1. The van der Waals surface area contributed by atoms with Crippen molar-refractivity contribution in [3.05, 3.63) is 54.0 Å². The van der Waals surface area contributed by atoms with Gasteiger partial charge in [0.1, 0.15) is 17.3 Å². The highest BCUT2D eigenvalue weighted by Crippen LogP contribution is 2.36. The molecule has 0 saturated carbocycles. The minimum atomic E-state index is -0.375. The summed E-state index contributed by atoms with van der Waals surface area (Å²) in [5.41, 5.74) is 10.4. The predicted octanol–water partition coefficient (Wildman–Crippen LogP) is 3.18. The van der Waals surface area contributed by atoms with Crippen LogP contribution in [0.4, 0.5) is 10.2 Å². The summed E-state index contributed by atoms with van der Waals surface area (Å²) in [4.78, 5) is 4.11. The predicted molar refractivity (Wildman–Crippen MR) is 81.0 cm³/mol. The van der Waals surface area contributed by atoms with Crippen molar-refractivity contribution in [2.75, 3.05) is 5.73 Å². The molecule has 0 aliphatic rings. The molecule has 21 heavy (non-hydrogen) atoms. The van der Waals surface area contributed by atoms with E-state index in [0.29, 0.717) is 17.2 Å². The Labute approximate surface area is 122 Å². The molecular formula is C16H15FN4. The largest absolute Gasteiger partial charge is 0.383 e. The van der Waals surface area contributed by atoms with Crippen LogP contribution in [0.25, 0.3) is 22.5 Å². The number of benzene rings is 1. The van der Waals surface area contributed by atoms with Crippen LogP contribution in [0.1, 0.15) is 5.56 Å². The van der Waals surface area contributed by atoms with Crippen molar-refractivity contribution in [1.82, 2.24) is 14.8 Å². The Morgan fingerprint density at radius 3 is 2.57 bits per heavy atom. The van der Waals surface area contributed by atoms with Crippen molar-refractivity contribution in [3.63, 3.8) is 0 Å². The van der Waals surface area contributed by atoms with Crippen LogP contribution >= 0.6 is 0 Å². The molecule has 2 N–H and O–H groups in total. The summed E-state index contributed by atoms with van der Waals surface area (Å²) in [6, 6.07) is 10.9. The van der Waals surface area contributed by atoms with Crippen LogP contribution in [-0.2, 0) is 7.05 Å². The maximum atomic E-state index is 13.1. The molecule has 0 fully saturated rings. The van der Waals surface area contributed by atoms with Crippen LogP contribution in [0, 0.1) is 12.7 Å². The first kappa shape index (κ1) is 13.3. The quantitative estimate of drug-likeness (QED) is 0.785. The number of nitrogens with two attached hydrogens (primary N) is 1. The van der Waals surface area contributed by atoms with E-state index in [1.54, 1.807) is 17.8 Å². The van der Waals surface area contributed by atoms with Gasteiger partial charge in [0.05, 0.1) is 17.5 Å². The molecule has 0 atom stereocenters. The van der Waals surface area contributed by atoms with E-state index in [0.717, 1.165) is 16.7 Å². The smallest absolute Gasteiger partial charge is 0.141 e. The second-order valence-electron chi connectivity index (χ2n) is 4.91. The van der Waals surface area contributed by atoms with Gasteiger partial charge >= 0.3 is 0 Å². The molecule has 4 nitrogen and oxygen atoms in total. The molecule has 0 aliphatic heterocycles. The van der Waals surface area contributed by atoms with Crippen LogP contribution in [0.3, 0.4) is 0 Å². The van der Waals surface area contributed by atoms with Gasteiger partial charge in [-0.3, -0.25) is 9.67 Å². The van der Waals surface area contributed by atoms with Crippen molar-refractivity contribution in [3.8, 4) is 22.5 Å². The van der Waals surface area contributed by atoms with Gasteiger partial charge in [-0.2, -0.15) is 5.10 Å². The molecule has 3 rings (SSSR count). The fourth-order valence-corrected chi connectivity index (χ4v) is 2.35. The van der Waals surface area contributed by atoms with Crippen LogP contribution in [-0.4, -0.2) is 14.8 Å². The van der Waals surface area contributed by atoms with Gasteiger partial charge in [-0.15, -0.1) is 0 Å². The number of nitrogen functional groups attached to an aromatic ring is 1. The third-order valence-corrected chi connectivity index (χ3v) is 3.48. The standard InChI is InChI=1S/C16H15FN4/c1-10-5-3-4-6-12(10)14-15(20-21(2)16(14)18)13-8-7-11(17)9-19-13/h3-9H,18H2,1-2H3. The van der Waals surface area contributed by atoms with Gasteiger partial charge in [-0.25, -0.2) is 4.39 Å². The molecule has 1 aromatic carbocycles. The van der Waals surface area contributed by atoms with Crippen molar-refractivity contribution in [2.24, 2.45) is 7.05 Å². The highest BCUT2D eigenvalue weighted by atomic mass is 19.1. The zero-order chi connectivity index (χ0) is 15.0. The Kier molecular flexibility index (Phi) is 3.17. The lowest BCUT2D eigenvalue weighted by Gasteiger charge is -2.07. The van der Waals surface area contributed by atoms with Crippen LogP contribution in [0.2, 0.25) is 0 Å². The second kappa shape index (κ2) is 5.01. The van der Waals surface area contributed by atoms with Crippen molar-refractivity contribution >= 4 is 5.82 Å². The molecule has 0 radical (unpaired) electrons. The zero-order valence-corrected chi connectivity index (χ0v) is 11.8. The van der Waals surface area contributed by atoms with Gasteiger partial charge in [0.2, 0.25) is 0 Å². The Balaban J connectivity index is 2.26. The normalized spacial score (nSPS) is 10.8. The Hall–Kier alpha value is -2.69. The molecule has 2 aromatic heterocycles. The number of aryl methyl sites for hydroxylation is 2. The molecule has 0 aliphatic carbocycles. The van der Waals surface area contributed by atoms with Crippen LogP contribution in [0.15, 0.2) is 42.6 Å². The highest BCUT2D eigenvalue weighted by Gasteiger charge is 2.19. The topological polar surface area (TPSA) is 56.7 Å². The first-order valence-electron chi connectivity index (χ1n) is 6.58. The molecule has 0 bridgehead atoms. The molecule has 0 unspecified atom stereocenters. The summed E-state index contributed by atoms with van der Waals surface area (Å²) in [5, 5.41) is 4.43. The highest BCUT2D eigenvalue weighted by molar-refractivity contribution is 5.88. The van der Waals surface area contributed by atoms with E-state index >= 15 is 0 Å². The van der Waals surface area contributed by atoms with E-state index in [1.165, 1.54) is 12.3 Å². The number of anilines is 1. The first-order valence-corrected chi connectivity index (χ1v) is 6.58. The van der Waals surface area contributed by atoms with Crippen molar-refractivity contribution in [2.45, 2.75) is 6.92 Å². The third-order valence-electron chi connectivity index (χ3n) is 3.48. The van der Waals surface area contributed by atoms with Gasteiger partial charge in [-0.05, 0) is 30.2 Å². The molecule has 5 heteroatoms. The monoisotopic (exact) mass is 282 g/mol. The number of hydrogen-bond donors (Lipinski definition) is 1. The van der Waals surface area contributed by atoms with E-state index in [2.05, 4.69) is 10.1 Å². The lowest BCUT2D eigenvalue weighted by molar-refractivity contribution is 0.621. The van der Waals surface area contributed by atoms with Crippen LogP contribution in [0.5, 0.6) is 0 Å². The van der Waals surface area contributed by atoms with E-state index < -0.39 is 0 Å². The second-order valence-corrected chi connectivity index (χ2v) is 4.91. The molecule has 0 saturated heterocycles. The molecule has 0 amide bonds. The minimum Gasteiger partial charge on any atom is -0.383 e. The average molecular weight is 282 g/mol. The summed E-state index contributed by atoms with van der Waals surface area (Å²) in [7, 11) is 1.78. The van der Waals surface area contributed by atoms with E-state index in [4.69, 9.17) is 5.73 Å². The van der Waals surface area contributed by atoms with E-state index in [-0.39, 0.29) is 5.82 Å². The lowest BCUT2D eigenvalue weighted by atomic mass is 9.99. The third kappa shape index (κ3) is 2.27. The maximum Gasteiger partial charge on any atom is 0.141 e. The first-order chi connectivity index (χ1) is 10.1. The summed E-state index contributed by atoms with van der Waals surface area (Å²) in [6.07, 6.45) is 1.18. The van der Waals surface area contributed by atoms with Gasteiger partial charge < -0.3 is 5.73 Å². The van der Waals surface area contributed by atoms with Gasteiger partial charge in [0.25, 0.3) is 0 Å². The lowest BCUT2D eigenvalue weighted by Crippen LogP contribution is -1.98. The van der Waals surface area contributed by atoms with Crippen molar-refractivity contribution < 1.29 is 4.39 Å². The molecular weight excluding hydrogens is 267 g/mol. The van der Waals surface area contributed by atoms with Gasteiger partial charge in [0.15, 0.2) is 0 Å². The Morgan fingerprint density at radius 1 is 1.14 bits per heavy atom. The van der Waals surface area contributed by atoms with Crippen LogP contribution < -0.4 is 5.73 Å². The fourth-order valence-electron chi connectivity index (χ4n) is 2.35. The number of halogens is 1. The molecule has 106 valence electrons. The van der Waals surface area contributed by atoms with Gasteiger partial charge in [0, 0.05) is 7.05 Å². The maximum absolute atomic E-state index is 13.1. The van der Waals surface area contributed by atoms with E-state index in [9.17, 15) is 4.39 Å². The average Bonchev–Trinajstić information content (AvgIpc) is 2.77. The molecule has 0 spiro atoms. The van der Waals surface area contributed by atoms with Gasteiger partial charge in [-0.1, -0.05) is 24.3 Å². The molecule has 3 aromatic rings. The SMILES string of the molecule is Cc1ccccc1-c1c(-c2ccc(F)cn2)nn(C)c1N.